The van der Waals surface area contributed by atoms with Gasteiger partial charge in [-0.25, -0.2) is 0 Å². The molecule has 0 aromatic heterocycles. The van der Waals surface area contributed by atoms with Crippen molar-refractivity contribution in [3.8, 4) is 6.07 Å². The fourth-order valence-corrected chi connectivity index (χ4v) is 3.22. The van der Waals surface area contributed by atoms with E-state index in [4.69, 9.17) is 16.9 Å². The van der Waals surface area contributed by atoms with Crippen LogP contribution in [0.25, 0.3) is 0 Å². The SMILES string of the molecule is CN(Cc1ccc(C#N)cc1)C(=O)CCSc1ccccc1Cl. The molecule has 0 saturated carbocycles. The number of halogens is 1. The van der Waals surface area contributed by atoms with Crippen LogP contribution in [0.4, 0.5) is 0 Å². The second kappa shape index (κ2) is 8.61. The van der Waals surface area contributed by atoms with Crippen molar-refractivity contribution in [1.29, 1.82) is 5.26 Å². The minimum atomic E-state index is 0.0916. The molecule has 0 fully saturated rings. The molecule has 118 valence electrons. The summed E-state index contributed by atoms with van der Waals surface area (Å²) in [7, 11) is 1.79. The van der Waals surface area contributed by atoms with Crippen LogP contribution in [0.3, 0.4) is 0 Å². The lowest BCUT2D eigenvalue weighted by Gasteiger charge is -2.17. The van der Waals surface area contributed by atoms with Gasteiger partial charge >= 0.3 is 0 Å². The largest absolute Gasteiger partial charge is 0.341 e. The van der Waals surface area contributed by atoms with Gasteiger partial charge in [-0.1, -0.05) is 35.9 Å². The van der Waals surface area contributed by atoms with Crippen LogP contribution in [-0.4, -0.2) is 23.6 Å². The first-order valence-corrected chi connectivity index (χ1v) is 8.57. The second-order valence-corrected chi connectivity index (χ2v) is 6.63. The Hall–Kier alpha value is -1.96. The Morgan fingerprint density at radius 2 is 1.91 bits per heavy atom. The number of amides is 1. The van der Waals surface area contributed by atoms with Crippen LogP contribution in [0.15, 0.2) is 53.4 Å². The van der Waals surface area contributed by atoms with Gasteiger partial charge in [-0.05, 0) is 29.8 Å². The minimum Gasteiger partial charge on any atom is -0.341 e. The third-order valence-electron chi connectivity index (χ3n) is 3.34. The summed E-state index contributed by atoms with van der Waals surface area (Å²) in [6.45, 7) is 0.543. The first-order valence-electron chi connectivity index (χ1n) is 7.20. The maximum Gasteiger partial charge on any atom is 0.223 e. The van der Waals surface area contributed by atoms with Gasteiger partial charge in [0.05, 0.1) is 16.7 Å². The number of rotatable bonds is 6. The predicted molar refractivity (Wildman–Crippen MR) is 94.4 cm³/mol. The normalized spacial score (nSPS) is 10.1. The van der Waals surface area contributed by atoms with E-state index in [1.807, 2.05) is 36.4 Å². The van der Waals surface area contributed by atoms with Crippen LogP contribution in [0.5, 0.6) is 0 Å². The number of nitrogens with zero attached hydrogens (tertiary/aromatic N) is 2. The Morgan fingerprint density at radius 3 is 2.57 bits per heavy atom. The summed E-state index contributed by atoms with van der Waals surface area (Å²) in [5, 5.41) is 9.50. The number of carbonyl (C=O) groups is 1. The second-order valence-electron chi connectivity index (χ2n) is 5.09. The van der Waals surface area contributed by atoms with Crippen molar-refractivity contribution in [1.82, 2.24) is 4.90 Å². The van der Waals surface area contributed by atoms with Crippen LogP contribution < -0.4 is 0 Å². The van der Waals surface area contributed by atoms with Gasteiger partial charge in [-0.3, -0.25) is 4.79 Å². The molecule has 0 saturated heterocycles. The van der Waals surface area contributed by atoms with Crippen molar-refractivity contribution < 1.29 is 4.79 Å². The monoisotopic (exact) mass is 344 g/mol. The van der Waals surface area contributed by atoms with Gasteiger partial charge in [-0.2, -0.15) is 5.26 Å². The first-order chi connectivity index (χ1) is 11.1. The van der Waals surface area contributed by atoms with Crippen LogP contribution in [0.2, 0.25) is 5.02 Å². The Bertz CT molecular complexity index is 710. The molecule has 0 aliphatic rings. The van der Waals surface area contributed by atoms with Crippen molar-refractivity contribution >= 4 is 29.3 Å². The van der Waals surface area contributed by atoms with Gasteiger partial charge in [0, 0.05) is 30.7 Å². The summed E-state index contributed by atoms with van der Waals surface area (Å²) in [6.07, 6.45) is 0.461. The third kappa shape index (κ3) is 5.31. The van der Waals surface area contributed by atoms with Gasteiger partial charge in [0.25, 0.3) is 0 Å². The van der Waals surface area contributed by atoms with Crippen molar-refractivity contribution in [2.45, 2.75) is 17.9 Å². The minimum absolute atomic E-state index is 0.0916. The summed E-state index contributed by atoms with van der Waals surface area (Å²) >= 11 is 7.68. The summed E-state index contributed by atoms with van der Waals surface area (Å²) < 4.78 is 0. The molecule has 1 amide bonds. The molecule has 5 heteroatoms. The lowest BCUT2D eigenvalue weighted by Crippen LogP contribution is -2.26. The number of hydrogen-bond acceptors (Lipinski definition) is 3. The molecule has 2 aromatic rings. The first kappa shape index (κ1) is 17.4. The zero-order valence-corrected chi connectivity index (χ0v) is 14.4. The molecule has 0 spiro atoms. The van der Waals surface area contributed by atoms with Crippen molar-refractivity contribution in [2.75, 3.05) is 12.8 Å². The molecule has 0 aliphatic carbocycles. The smallest absolute Gasteiger partial charge is 0.223 e. The lowest BCUT2D eigenvalue weighted by atomic mass is 10.1. The van der Waals surface area contributed by atoms with E-state index in [9.17, 15) is 4.79 Å². The molecule has 3 nitrogen and oxygen atoms in total. The number of nitriles is 1. The molecule has 2 aromatic carbocycles. The molecule has 0 aliphatic heterocycles. The van der Waals surface area contributed by atoms with Gasteiger partial charge < -0.3 is 4.90 Å². The Labute approximate surface area is 145 Å². The Balaban J connectivity index is 1.80. The van der Waals surface area contributed by atoms with Crippen molar-refractivity contribution in [3.63, 3.8) is 0 Å². The maximum atomic E-state index is 12.2. The van der Waals surface area contributed by atoms with Gasteiger partial charge in [-0.15, -0.1) is 11.8 Å². The summed E-state index contributed by atoms with van der Waals surface area (Å²) in [5.74, 6) is 0.786. The molecule has 23 heavy (non-hydrogen) atoms. The van der Waals surface area contributed by atoms with Crippen LogP contribution >= 0.6 is 23.4 Å². The van der Waals surface area contributed by atoms with Crippen LogP contribution in [0, 0.1) is 11.3 Å². The van der Waals surface area contributed by atoms with E-state index in [1.165, 1.54) is 0 Å². The molecule has 0 radical (unpaired) electrons. The molecular weight excluding hydrogens is 328 g/mol. The average Bonchev–Trinajstić information content (AvgIpc) is 2.57. The predicted octanol–water partition coefficient (Wildman–Crippen LogP) is 4.35. The highest BCUT2D eigenvalue weighted by molar-refractivity contribution is 7.99. The summed E-state index contributed by atoms with van der Waals surface area (Å²) in [4.78, 5) is 14.9. The standard InChI is InChI=1S/C18H17ClN2OS/c1-21(13-15-8-6-14(12-20)7-9-15)18(22)10-11-23-17-5-3-2-4-16(17)19/h2-9H,10-11,13H2,1H3. The van der Waals surface area contributed by atoms with Gasteiger partial charge in [0.2, 0.25) is 5.91 Å². The van der Waals surface area contributed by atoms with Gasteiger partial charge in [0.1, 0.15) is 0 Å². The lowest BCUT2D eigenvalue weighted by molar-refractivity contribution is -0.129. The van der Waals surface area contributed by atoms with E-state index in [0.717, 1.165) is 15.5 Å². The average molecular weight is 345 g/mol. The van der Waals surface area contributed by atoms with Crippen LogP contribution in [-0.2, 0) is 11.3 Å². The molecule has 0 N–H and O–H groups in total. The van der Waals surface area contributed by atoms with Crippen molar-refractivity contribution in [3.05, 3.63) is 64.7 Å². The van der Waals surface area contributed by atoms with Gasteiger partial charge in [0.15, 0.2) is 0 Å². The molecule has 0 bridgehead atoms. The molecule has 0 heterocycles. The molecule has 0 atom stereocenters. The number of thioether (sulfide) groups is 1. The van der Waals surface area contributed by atoms with E-state index in [0.29, 0.717) is 24.3 Å². The number of benzene rings is 2. The van der Waals surface area contributed by atoms with E-state index < -0.39 is 0 Å². The highest BCUT2D eigenvalue weighted by Crippen LogP contribution is 2.27. The number of hydrogen-bond donors (Lipinski definition) is 0. The highest BCUT2D eigenvalue weighted by atomic mass is 35.5. The van der Waals surface area contributed by atoms with E-state index in [-0.39, 0.29) is 5.91 Å². The Kier molecular flexibility index (Phi) is 6.52. The highest BCUT2D eigenvalue weighted by Gasteiger charge is 2.10. The summed E-state index contributed by atoms with van der Waals surface area (Å²) in [6, 6.07) is 17.0. The van der Waals surface area contributed by atoms with E-state index in [2.05, 4.69) is 6.07 Å². The van der Waals surface area contributed by atoms with E-state index in [1.54, 1.807) is 35.8 Å². The van der Waals surface area contributed by atoms with Crippen LogP contribution in [0.1, 0.15) is 17.5 Å². The number of carbonyl (C=O) groups excluding carboxylic acids is 1. The molecular formula is C18H17ClN2OS. The summed E-state index contributed by atoms with van der Waals surface area (Å²) in [5.41, 5.74) is 1.64. The van der Waals surface area contributed by atoms with E-state index >= 15 is 0 Å². The zero-order valence-electron chi connectivity index (χ0n) is 12.8. The molecule has 2 rings (SSSR count). The topological polar surface area (TPSA) is 44.1 Å². The third-order valence-corrected chi connectivity index (χ3v) is 4.86. The van der Waals surface area contributed by atoms with Crippen molar-refractivity contribution in [2.24, 2.45) is 0 Å². The fraction of sp³-hybridized carbons (Fsp3) is 0.222. The zero-order chi connectivity index (χ0) is 16.7. The Morgan fingerprint density at radius 1 is 1.22 bits per heavy atom. The maximum absolute atomic E-state index is 12.2. The fourth-order valence-electron chi connectivity index (χ4n) is 2.05. The quantitative estimate of drug-likeness (QED) is 0.731. The molecule has 0 unspecified atom stereocenters.